The van der Waals surface area contributed by atoms with Gasteiger partial charge in [0.2, 0.25) is 5.95 Å². The second kappa shape index (κ2) is 11.6. The van der Waals surface area contributed by atoms with Gasteiger partial charge in [0.25, 0.3) is 6.43 Å². The lowest BCUT2D eigenvalue weighted by Crippen LogP contribution is -2.37. The Bertz CT molecular complexity index is 1180. The van der Waals surface area contributed by atoms with Crippen molar-refractivity contribution in [3.63, 3.8) is 0 Å². The number of alkyl halides is 3. The monoisotopic (exact) mass is 517 g/mol. The van der Waals surface area contributed by atoms with Gasteiger partial charge in [-0.15, -0.1) is 0 Å². The summed E-state index contributed by atoms with van der Waals surface area (Å²) >= 11 is 0. The highest BCUT2D eigenvalue weighted by atomic mass is 19.3. The third kappa shape index (κ3) is 5.82. The number of ether oxygens (including phenoxy) is 1. The number of imidazole rings is 1. The van der Waals surface area contributed by atoms with E-state index in [4.69, 9.17) is 9.72 Å². The lowest BCUT2D eigenvalue weighted by molar-refractivity contribution is 0.122. The molecule has 1 aliphatic carbocycles. The van der Waals surface area contributed by atoms with Crippen LogP contribution in [0.5, 0.6) is 0 Å². The standard InChI is InChI=1S/C26H34F3N7O/c1-34(11-10-27)19-8-6-18(7-9-19)17-30-26-32-22(35-12-14-37-15-13-35)16-23(33-26)36-21-5-3-2-4-20(21)31-25(36)24(28)29/h2-5,16,18-19,24H,6-15,17H2,1H3,(H,30,32,33). The van der Waals surface area contributed by atoms with E-state index < -0.39 is 6.43 Å². The summed E-state index contributed by atoms with van der Waals surface area (Å²) < 4.78 is 47.7. The number of morpholine rings is 1. The van der Waals surface area contributed by atoms with Crippen LogP contribution in [0.1, 0.15) is 37.9 Å². The van der Waals surface area contributed by atoms with Crippen molar-refractivity contribution < 1.29 is 17.9 Å². The molecule has 0 radical (unpaired) electrons. The molecule has 0 amide bonds. The fourth-order valence-electron chi connectivity index (χ4n) is 5.34. The largest absolute Gasteiger partial charge is 0.378 e. The fraction of sp³-hybridized carbons (Fsp3) is 0.577. The summed E-state index contributed by atoms with van der Waals surface area (Å²) in [5, 5.41) is 3.39. The Balaban J connectivity index is 1.40. The number of aromatic nitrogens is 4. The van der Waals surface area contributed by atoms with Gasteiger partial charge in [-0.05, 0) is 50.8 Å². The van der Waals surface area contributed by atoms with Crippen LogP contribution in [-0.4, -0.2) is 83.6 Å². The van der Waals surface area contributed by atoms with Crippen molar-refractivity contribution in [2.45, 2.75) is 38.2 Å². The van der Waals surface area contributed by atoms with Crippen molar-refractivity contribution in [2.24, 2.45) is 5.92 Å². The summed E-state index contributed by atoms with van der Waals surface area (Å²) in [6.45, 7) is 3.34. The number of hydrogen-bond donors (Lipinski definition) is 1. The van der Waals surface area contributed by atoms with Gasteiger partial charge in [-0.1, -0.05) is 12.1 Å². The summed E-state index contributed by atoms with van der Waals surface area (Å²) in [4.78, 5) is 17.8. The summed E-state index contributed by atoms with van der Waals surface area (Å²) in [5.74, 6) is 1.55. The molecule has 1 aliphatic heterocycles. The number of halogens is 3. The minimum absolute atomic E-state index is 0.323. The molecule has 0 unspecified atom stereocenters. The molecule has 0 spiro atoms. The average Bonchev–Trinajstić information content (AvgIpc) is 3.33. The third-order valence-electron chi connectivity index (χ3n) is 7.47. The van der Waals surface area contributed by atoms with E-state index in [-0.39, 0.29) is 12.5 Å². The molecule has 0 bridgehead atoms. The van der Waals surface area contributed by atoms with E-state index in [9.17, 15) is 13.2 Å². The van der Waals surface area contributed by atoms with Gasteiger partial charge in [-0.25, -0.2) is 18.2 Å². The van der Waals surface area contributed by atoms with Crippen LogP contribution in [-0.2, 0) is 4.74 Å². The highest BCUT2D eigenvalue weighted by Gasteiger charge is 2.26. The zero-order chi connectivity index (χ0) is 25.8. The van der Waals surface area contributed by atoms with Crippen molar-refractivity contribution in [2.75, 3.05) is 63.3 Å². The van der Waals surface area contributed by atoms with E-state index in [0.717, 1.165) is 25.7 Å². The third-order valence-corrected chi connectivity index (χ3v) is 7.47. The Morgan fingerprint density at radius 3 is 2.51 bits per heavy atom. The maximum absolute atomic E-state index is 14.0. The SMILES string of the molecule is CN(CCF)C1CCC(CNc2nc(N3CCOCC3)cc(-n3c(C(F)F)nc4ccccc43)n2)CC1. The molecule has 1 saturated carbocycles. The van der Waals surface area contributed by atoms with Gasteiger partial charge < -0.3 is 19.9 Å². The van der Waals surface area contributed by atoms with E-state index in [0.29, 0.717) is 80.0 Å². The zero-order valence-corrected chi connectivity index (χ0v) is 21.1. The molecule has 3 heterocycles. The van der Waals surface area contributed by atoms with Crippen LogP contribution in [0.15, 0.2) is 30.3 Å². The maximum atomic E-state index is 14.0. The number of benzene rings is 1. The number of rotatable bonds is 9. The first-order valence-electron chi connectivity index (χ1n) is 13.0. The second-order valence-corrected chi connectivity index (χ2v) is 9.83. The van der Waals surface area contributed by atoms with Crippen LogP contribution in [0.4, 0.5) is 24.9 Å². The number of nitrogens with zero attached hydrogens (tertiary/aromatic N) is 6. The first-order valence-corrected chi connectivity index (χ1v) is 13.0. The molecule has 8 nitrogen and oxygen atoms in total. The van der Waals surface area contributed by atoms with E-state index in [1.165, 1.54) is 4.57 Å². The number of anilines is 2. The van der Waals surface area contributed by atoms with Crippen LogP contribution in [0.25, 0.3) is 16.9 Å². The van der Waals surface area contributed by atoms with E-state index in [1.54, 1.807) is 30.3 Å². The van der Waals surface area contributed by atoms with Crippen molar-refractivity contribution in [1.29, 1.82) is 0 Å². The van der Waals surface area contributed by atoms with Gasteiger partial charge in [-0.3, -0.25) is 4.57 Å². The molecule has 200 valence electrons. The van der Waals surface area contributed by atoms with Gasteiger partial charge >= 0.3 is 0 Å². The quantitative estimate of drug-likeness (QED) is 0.449. The van der Waals surface area contributed by atoms with Crippen LogP contribution in [0, 0.1) is 5.92 Å². The second-order valence-electron chi connectivity index (χ2n) is 9.83. The van der Waals surface area contributed by atoms with Gasteiger partial charge in [0, 0.05) is 38.3 Å². The molecule has 1 aromatic carbocycles. The average molecular weight is 518 g/mol. The first kappa shape index (κ1) is 25.7. The van der Waals surface area contributed by atoms with Crippen LogP contribution in [0.3, 0.4) is 0 Å². The Labute approximate surface area is 214 Å². The number of hydrogen-bond acceptors (Lipinski definition) is 7. The molecule has 5 rings (SSSR count). The zero-order valence-electron chi connectivity index (χ0n) is 21.1. The molecule has 37 heavy (non-hydrogen) atoms. The van der Waals surface area contributed by atoms with Crippen molar-refractivity contribution >= 4 is 22.8 Å². The van der Waals surface area contributed by atoms with Crippen LogP contribution >= 0.6 is 0 Å². The predicted molar refractivity (Wildman–Crippen MR) is 137 cm³/mol. The minimum Gasteiger partial charge on any atom is -0.378 e. The normalized spacial score (nSPS) is 20.8. The Morgan fingerprint density at radius 1 is 1.05 bits per heavy atom. The van der Waals surface area contributed by atoms with E-state index in [2.05, 4.69) is 25.1 Å². The van der Waals surface area contributed by atoms with Gasteiger partial charge in [0.1, 0.15) is 18.3 Å². The van der Waals surface area contributed by atoms with Crippen LogP contribution < -0.4 is 10.2 Å². The Kier molecular flexibility index (Phi) is 8.09. The molecular formula is C26H34F3N7O. The fourth-order valence-corrected chi connectivity index (χ4v) is 5.34. The summed E-state index contributed by atoms with van der Waals surface area (Å²) in [5.41, 5.74) is 1.07. The maximum Gasteiger partial charge on any atom is 0.296 e. The predicted octanol–water partition coefficient (Wildman–Crippen LogP) is 4.46. The number of nitrogens with one attached hydrogen (secondary N) is 1. The minimum atomic E-state index is -2.75. The van der Waals surface area contributed by atoms with E-state index >= 15 is 0 Å². The molecule has 2 aromatic heterocycles. The first-order chi connectivity index (χ1) is 18.0. The molecule has 1 N–H and O–H groups in total. The molecule has 1 saturated heterocycles. The summed E-state index contributed by atoms with van der Waals surface area (Å²) in [6, 6.07) is 9.26. The van der Waals surface area contributed by atoms with Gasteiger partial charge in [-0.2, -0.15) is 9.97 Å². The number of fused-ring (bicyclic) bond motifs is 1. The lowest BCUT2D eigenvalue weighted by atomic mass is 9.85. The van der Waals surface area contributed by atoms with Gasteiger partial charge in [0.05, 0.1) is 24.2 Å². The topological polar surface area (TPSA) is 71.3 Å². The van der Waals surface area contributed by atoms with Crippen LogP contribution in [0.2, 0.25) is 0 Å². The van der Waals surface area contributed by atoms with E-state index in [1.807, 2.05) is 7.05 Å². The Morgan fingerprint density at radius 2 is 1.78 bits per heavy atom. The Hall–Kier alpha value is -2.92. The molecule has 0 atom stereocenters. The molecular weight excluding hydrogens is 483 g/mol. The van der Waals surface area contributed by atoms with Crippen molar-refractivity contribution in [3.05, 3.63) is 36.2 Å². The summed E-state index contributed by atoms with van der Waals surface area (Å²) in [7, 11) is 1.99. The smallest absolute Gasteiger partial charge is 0.296 e. The highest BCUT2D eigenvalue weighted by Crippen LogP contribution is 2.30. The van der Waals surface area contributed by atoms with Gasteiger partial charge in [0.15, 0.2) is 5.82 Å². The molecule has 2 aliphatic rings. The molecule has 11 heteroatoms. The highest BCUT2D eigenvalue weighted by molar-refractivity contribution is 5.78. The summed E-state index contributed by atoms with van der Waals surface area (Å²) in [6.07, 6.45) is 1.37. The molecule has 3 aromatic rings. The lowest BCUT2D eigenvalue weighted by Gasteiger charge is -2.34. The van der Waals surface area contributed by atoms with Crippen molar-refractivity contribution in [1.82, 2.24) is 24.4 Å². The number of para-hydroxylation sites is 2. The molecule has 2 fully saturated rings. The van der Waals surface area contributed by atoms with Crippen molar-refractivity contribution in [3.8, 4) is 5.82 Å².